The fourth-order valence-corrected chi connectivity index (χ4v) is 3.06. The van der Waals surface area contributed by atoms with Crippen molar-refractivity contribution in [2.24, 2.45) is 0 Å². The Hall–Kier alpha value is -2.22. The maximum absolute atomic E-state index is 12.0. The molecule has 7 nitrogen and oxygen atoms in total. The number of carbonyl (C=O) groups excluding carboxylic acids is 2. The Balaban J connectivity index is 1.50. The third-order valence-corrected chi connectivity index (χ3v) is 4.37. The number of carbonyl (C=O) groups is 2. The summed E-state index contributed by atoms with van der Waals surface area (Å²) in [5, 5.41) is 13.4. The molecule has 0 radical (unpaired) electrons. The average Bonchev–Trinajstić information content (AvgIpc) is 3.18. The van der Waals surface area contributed by atoms with E-state index in [-0.39, 0.29) is 18.2 Å². The highest BCUT2D eigenvalue weighted by molar-refractivity contribution is 7.08. The van der Waals surface area contributed by atoms with E-state index in [0.717, 1.165) is 18.4 Å². The van der Waals surface area contributed by atoms with Crippen LogP contribution in [-0.2, 0) is 16.0 Å². The van der Waals surface area contributed by atoms with E-state index in [1.165, 1.54) is 0 Å². The quantitative estimate of drug-likeness (QED) is 0.864. The first-order valence-corrected chi connectivity index (χ1v) is 8.59. The van der Waals surface area contributed by atoms with Gasteiger partial charge in [-0.25, -0.2) is 0 Å². The van der Waals surface area contributed by atoms with Crippen LogP contribution in [-0.4, -0.2) is 34.5 Å². The molecule has 1 saturated heterocycles. The highest BCUT2D eigenvalue weighted by atomic mass is 32.1. The smallest absolute Gasteiger partial charge is 0.242 e. The van der Waals surface area contributed by atoms with Crippen LogP contribution >= 0.6 is 11.3 Å². The number of amides is 2. The van der Waals surface area contributed by atoms with E-state index in [2.05, 4.69) is 20.8 Å². The molecule has 3 rings (SSSR count). The summed E-state index contributed by atoms with van der Waals surface area (Å²) in [6, 6.07) is 1.48. The van der Waals surface area contributed by atoms with Gasteiger partial charge in [-0.2, -0.15) is 16.3 Å². The van der Waals surface area contributed by atoms with Crippen LogP contribution < -0.4 is 10.6 Å². The van der Waals surface area contributed by atoms with Gasteiger partial charge in [-0.3, -0.25) is 9.59 Å². The Morgan fingerprint density at radius 1 is 1.48 bits per heavy atom. The summed E-state index contributed by atoms with van der Waals surface area (Å²) in [6.07, 6.45) is 3.13. The van der Waals surface area contributed by atoms with E-state index in [0.29, 0.717) is 31.1 Å². The average molecular weight is 334 g/mol. The molecule has 2 aromatic rings. The van der Waals surface area contributed by atoms with Crippen molar-refractivity contribution in [3.05, 3.63) is 22.7 Å². The molecular weight excluding hydrogens is 316 g/mol. The Bertz CT molecular complexity index is 668. The van der Waals surface area contributed by atoms with Crippen LogP contribution in [0, 0.1) is 0 Å². The molecule has 0 bridgehead atoms. The Morgan fingerprint density at radius 2 is 2.39 bits per heavy atom. The SMILES string of the molecule is O=C(CCc1nc(-c2ccsc2)no1)N[C@@H]1CCCCNC1=O. The molecule has 0 spiro atoms. The summed E-state index contributed by atoms with van der Waals surface area (Å²) in [5.74, 6) is 0.673. The summed E-state index contributed by atoms with van der Waals surface area (Å²) in [4.78, 5) is 28.1. The molecule has 2 N–H and O–H groups in total. The van der Waals surface area contributed by atoms with Gasteiger partial charge >= 0.3 is 0 Å². The van der Waals surface area contributed by atoms with E-state index in [4.69, 9.17) is 4.52 Å². The third-order valence-electron chi connectivity index (χ3n) is 3.68. The van der Waals surface area contributed by atoms with Crippen LogP contribution in [0.5, 0.6) is 0 Å². The van der Waals surface area contributed by atoms with Crippen molar-refractivity contribution in [3.8, 4) is 11.4 Å². The first-order chi connectivity index (χ1) is 11.2. The van der Waals surface area contributed by atoms with Crippen LogP contribution in [0.2, 0.25) is 0 Å². The molecule has 122 valence electrons. The van der Waals surface area contributed by atoms with Gasteiger partial charge in [-0.05, 0) is 30.7 Å². The Labute approximate surface area is 137 Å². The molecule has 0 aromatic carbocycles. The second-order valence-corrected chi connectivity index (χ2v) is 6.21. The molecule has 23 heavy (non-hydrogen) atoms. The molecule has 2 aromatic heterocycles. The molecular formula is C15H18N4O3S. The van der Waals surface area contributed by atoms with E-state index >= 15 is 0 Å². The van der Waals surface area contributed by atoms with Crippen molar-refractivity contribution in [1.29, 1.82) is 0 Å². The lowest BCUT2D eigenvalue weighted by Gasteiger charge is -2.14. The van der Waals surface area contributed by atoms with Crippen LogP contribution in [0.4, 0.5) is 0 Å². The number of hydrogen-bond donors (Lipinski definition) is 2. The van der Waals surface area contributed by atoms with Crippen LogP contribution in [0.25, 0.3) is 11.4 Å². The third kappa shape index (κ3) is 4.16. The molecule has 8 heteroatoms. The van der Waals surface area contributed by atoms with Crippen molar-refractivity contribution in [1.82, 2.24) is 20.8 Å². The zero-order valence-corrected chi connectivity index (χ0v) is 13.4. The number of rotatable bonds is 5. The number of aryl methyl sites for hydroxylation is 1. The first-order valence-electron chi connectivity index (χ1n) is 7.64. The predicted molar refractivity (Wildman–Crippen MR) is 84.7 cm³/mol. The summed E-state index contributed by atoms with van der Waals surface area (Å²) in [7, 11) is 0. The normalized spacial score (nSPS) is 18.3. The van der Waals surface area contributed by atoms with Crippen LogP contribution in [0.15, 0.2) is 21.3 Å². The monoisotopic (exact) mass is 334 g/mol. The maximum Gasteiger partial charge on any atom is 0.242 e. The number of nitrogens with zero attached hydrogens (tertiary/aromatic N) is 2. The van der Waals surface area contributed by atoms with Crippen molar-refractivity contribution < 1.29 is 14.1 Å². The Morgan fingerprint density at radius 3 is 3.22 bits per heavy atom. The molecule has 1 fully saturated rings. The van der Waals surface area contributed by atoms with Gasteiger partial charge in [0, 0.05) is 30.3 Å². The number of thiophene rings is 1. The molecule has 2 amide bonds. The second kappa shape index (κ2) is 7.36. The van der Waals surface area contributed by atoms with Gasteiger partial charge in [0.2, 0.25) is 23.5 Å². The Kier molecular flexibility index (Phi) is 5.02. The molecule has 1 aliphatic heterocycles. The largest absolute Gasteiger partial charge is 0.354 e. The molecule has 0 saturated carbocycles. The summed E-state index contributed by atoms with van der Waals surface area (Å²) < 4.78 is 5.15. The van der Waals surface area contributed by atoms with Crippen LogP contribution in [0.3, 0.4) is 0 Å². The molecule has 0 aliphatic carbocycles. The number of aromatic nitrogens is 2. The highest BCUT2D eigenvalue weighted by Gasteiger charge is 2.22. The van der Waals surface area contributed by atoms with E-state index < -0.39 is 6.04 Å². The zero-order valence-electron chi connectivity index (χ0n) is 12.6. The van der Waals surface area contributed by atoms with Crippen molar-refractivity contribution >= 4 is 23.2 Å². The predicted octanol–water partition coefficient (Wildman–Crippen LogP) is 1.52. The number of hydrogen-bond acceptors (Lipinski definition) is 6. The van der Waals surface area contributed by atoms with Crippen molar-refractivity contribution in [2.75, 3.05) is 6.54 Å². The fourth-order valence-electron chi connectivity index (χ4n) is 2.43. The highest BCUT2D eigenvalue weighted by Crippen LogP contribution is 2.19. The molecule has 1 atom stereocenters. The van der Waals surface area contributed by atoms with Crippen molar-refractivity contribution in [3.63, 3.8) is 0 Å². The van der Waals surface area contributed by atoms with Crippen molar-refractivity contribution in [2.45, 2.75) is 38.1 Å². The minimum atomic E-state index is -0.436. The lowest BCUT2D eigenvalue weighted by Crippen LogP contribution is -2.45. The minimum absolute atomic E-state index is 0.103. The van der Waals surface area contributed by atoms with Crippen LogP contribution in [0.1, 0.15) is 31.6 Å². The maximum atomic E-state index is 12.0. The topological polar surface area (TPSA) is 97.1 Å². The van der Waals surface area contributed by atoms with Gasteiger partial charge in [0.1, 0.15) is 6.04 Å². The van der Waals surface area contributed by atoms with Gasteiger partial charge < -0.3 is 15.2 Å². The summed E-state index contributed by atoms with van der Waals surface area (Å²) >= 11 is 1.56. The second-order valence-electron chi connectivity index (χ2n) is 5.43. The van der Waals surface area contributed by atoms with Gasteiger partial charge in [-0.15, -0.1) is 0 Å². The van der Waals surface area contributed by atoms with Gasteiger partial charge in [0.25, 0.3) is 0 Å². The minimum Gasteiger partial charge on any atom is -0.354 e. The van der Waals surface area contributed by atoms with Gasteiger partial charge in [0.05, 0.1) is 0 Å². The standard InChI is InChI=1S/C15H18N4O3S/c20-12(17-11-3-1-2-7-16-15(11)21)4-5-13-18-14(19-22-13)10-6-8-23-9-10/h6,8-9,11H,1-5,7H2,(H,16,21)(H,17,20)/t11-/m1/s1. The number of nitrogens with one attached hydrogen (secondary N) is 2. The first kappa shape index (κ1) is 15.7. The van der Waals surface area contributed by atoms with Gasteiger partial charge in [-0.1, -0.05) is 5.16 Å². The van der Waals surface area contributed by atoms with Gasteiger partial charge in [0.15, 0.2) is 0 Å². The molecule has 1 aliphatic rings. The molecule has 0 unspecified atom stereocenters. The zero-order chi connectivity index (χ0) is 16.1. The lowest BCUT2D eigenvalue weighted by atomic mass is 10.1. The van der Waals surface area contributed by atoms with E-state index in [1.807, 2.05) is 16.8 Å². The summed E-state index contributed by atoms with van der Waals surface area (Å²) in [6.45, 7) is 0.679. The lowest BCUT2D eigenvalue weighted by molar-refractivity contribution is -0.128. The fraction of sp³-hybridized carbons (Fsp3) is 0.467. The van der Waals surface area contributed by atoms with E-state index in [1.54, 1.807) is 11.3 Å². The van der Waals surface area contributed by atoms with E-state index in [9.17, 15) is 9.59 Å². The summed E-state index contributed by atoms with van der Waals surface area (Å²) in [5.41, 5.74) is 0.907. The molecule has 3 heterocycles.